The third-order valence-corrected chi connectivity index (χ3v) is 4.04. The van der Waals surface area contributed by atoms with Crippen LogP contribution in [0.15, 0.2) is 0 Å². The number of imide groups is 1. The SMILES string of the molecule is CC(CN)N1C(=O)CC2(CCCC2)CC1=O. The highest BCUT2D eigenvalue weighted by Crippen LogP contribution is 2.47. The number of nitrogens with zero attached hydrogens (tertiary/aromatic N) is 1. The van der Waals surface area contributed by atoms with Crippen LogP contribution in [-0.4, -0.2) is 29.3 Å². The first-order valence-corrected chi connectivity index (χ1v) is 6.13. The molecule has 2 amide bonds. The number of carbonyl (C=O) groups is 2. The monoisotopic (exact) mass is 224 g/mol. The van der Waals surface area contributed by atoms with E-state index in [-0.39, 0.29) is 23.3 Å². The number of carbonyl (C=O) groups excluding carboxylic acids is 2. The molecule has 1 atom stereocenters. The van der Waals surface area contributed by atoms with Crippen molar-refractivity contribution in [2.24, 2.45) is 11.1 Å². The zero-order chi connectivity index (χ0) is 11.8. The third kappa shape index (κ3) is 1.86. The summed E-state index contributed by atoms with van der Waals surface area (Å²) in [6.07, 6.45) is 5.48. The van der Waals surface area contributed by atoms with E-state index in [0.29, 0.717) is 19.4 Å². The van der Waals surface area contributed by atoms with Gasteiger partial charge in [0.1, 0.15) is 0 Å². The molecule has 1 spiro atoms. The molecule has 90 valence electrons. The fourth-order valence-corrected chi connectivity index (χ4v) is 3.09. The van der Waals surface area contributed by atoms with E-state index in [1.807, 2.05) is 6.92 Å². The van der Waals surface area contributed by atoms with Crippen molar-refractivity contribution in [2.45, 2.75) is 51.5 Å². The summed E-state index contributed by atoms with van der Waals surface area (Å²) < 4.78 is 0. The summed E-state index contributed by atoms with van der Waals surface area (Å²) in [5.74, 6) is -0.0350. The Kier molecular flexibility index (Phi) is 3.02. The predicted octanol–water partition coefficient (Wildman–Crippen LogP) is 1.04. The third-order valence-electron chi connectivity index (χ3n) is 4.04. The van der Waals surface area contributed by atoms with Crippen molar-refractivity contribution in [3.05, 3.63) is 0 Å². The smallest absolute Gasteiger partial charge is 0.230 e. The molecule has 4 nitrogen and oxygen atoms in total. The number of hydrogen-bond donors (Lipinski definition) is 1. The van der Waals surface area contributed by atoms with Crippen LogP contribution in [-0.2, 0) is 9.59 Å². The lowest BCUT2D eigenvalue weighted by atomic mass is 9.76. The predicted molar refractivity (Wildman–Crippen MR) is 60.5 cm³/mol. The summed E-state index contributed by atoms with van der Waals surface area (Å²) in [4.78, 5) is 25.4. The molecule has 2 fully saturated rings. The van der Waals surface area contributed by atoms with Crippen molar-refractivity contribution in [1.29, 1.82) is 0 Å². The van der Waals surface area contributed by atoms with Crippen molar-refractivity contribution in [3.8, 4) is 0 Å². The molecule has 0 aromatic carbocycles. The van der Waals surface area contributed by atoms with Gasteiger partial charge >= 0.3 is 0 Å². The Morgan fingerprint density at radius 1 is 1.25 bits per heavy atom. The van der Waals surface area contributed by atoms with E-state index in [1.54, 1.807) is 0 Å². The van der Waals surface area contributed by atoms with Gasteiger partial charge in [-0.2, -0.15) is 0 Å². The molecule has 0 aromatic heterocycles. The van der Waals surface area contributed by atoms with Gasteiger partial charge in [-0.3, -0.25) is 14.5 Å². The molecule has 16 heavy (non-hydrogen) atoms. The molecular weight excluding hydrogens is 204 g/mol. The topological polar surface area (TPSA) is 63.4 Å². The molecule has 1 aliphatic heterocycles. The highest BCUT2D eigenvalue weighted by Gasteiger charge is 2.45. The molecular formula is C12H20N2O2. The van der Waals surface area contributed by atoms with Gasteiger partial charge in [-0.15, -0.1) is 0 Å². The first kappa shape index (κ1) is 11.6. The van der Waals surface area contributed by atoms with Crippen molar-refractivity contribution in [1.82, 2.24) is 4.90 Å². The lowest BCUT2D eigenvalue weighted by Crippen LogP contribution is -2.53. The number of piperidine rings is 1. The molecule has 2 rings (SSSR count). The normalized spacial score (nSPS) is 26.5. The first-order valence-electron chi connectivity index (χ1n) is 6.13. The van der Waals surface area contributed by atoms with Gasteiger partial charge in [0.25, 0.3) is 0 Å². The van der Waals surface area contributed by atoms with Crippen LogP contribution < -0.4 is 5.73 Å². The molecule has 1 heterocycles. The lowest BCUT2D eigenvalue weighted by molar-refractivity contribution is -0.155. The second-order valence-electron chi connectivity index (χ2n) is 5.30. The average Bonchev–Trinajstić information content (AvgIpc) is 2.64. The van der Waals surface area contributed by atoms with E-state index in [4.69, 9.17) is 5.73 Å². The largest absolute Gasteiger partial charge is 0.328 e. The zero-order valence-electron chi connectivity index (χ0n) is 9.87. The van der Waals surface area contributed by atoms with E-state index in [2.05, 4.69) is 0 Å². The van der Waals surface area contributed by atoms with Crippen molar-refractivity contribution in [3.63, 3.8) is 0 Å². The minimum absolute atomic E-state index is 0.00101. The number of rotatable bonds is 2. The van der Waals surface area contributed by atoms with Gasteiger partial charge in [0, 0.05) is 25.4 Å². The van der Waals surface area contributed by atoms with Crippen molar-refractivity contribution < 1.29 is 9.59 Å². The van der Waals surface area contributed by atoms with E-state index >= 15 is 0 Å². The maximum Gasteiger partial charge on any atom is 0.230 e. The average molecular weight is 224 g/mol. The van der Waals surface area contributed by atoms with Crippen LogP contribution >= 0.6 is 0 Å². The van der Waals surface area contributed by atoms with Crippen LogP contribution in [0.2, 0.25) is 0 Å². The number of likely N-dealkylation sites (tertiary alicyclic amines) is 1. The summed E-state index contributed by atoms with van der Waals surface area (Å²) in [6, 6.07) is -0.154. The molecule has 1 unspecified atom stereocenters. The maximum atomic E-state index is 12.0. The van der Waals surface area contributed by atoms with E-state index in [0.717, 1.165) is 25.7 Å². The summed E-state index contributed by atoms with van der Waals surface area (Å²) in [5, 5.41) is 0. The Bertz CT molecular complexity index is 288. The molecule has 0 bridgehead atoms. The molecule has 4 heteroatoms. The minimum Gasteiger partial charge on any atom is -0.328 e. The Morgan fingerprint density at radius 3 is 2.19 bits per heavy atom. The van der Waals surface area contributed by atoms with Gasteiger partial charge in [-0.25, -0.2) is 0 Å². The number of amides is 2. The molecule has 1 saturated carbocycles. The Labute approximate surface area is 96.2 Å². The second-order valence-corrected chi connectivity index (χ2v) is 5.30. The molecule has 0 radical (unpaired) electrons. The highest BCUT2D eigenvalue weighted by molar-refractivity contribution is 5.99. The summed E-state index contributed by atoms with van der Waals surface area (Å²) >= 11 is 0. The maximum absolute atomic E-state index is 12.0. The van der Waals surface area contributed by atoms with Gasteiger partial charge in [-0.05, 0) is 25.2 Å². The Hall–Kier alpha value is -0.900. The molecule has 2 N–H and O–H groups in total. The standard InChI is InChI=1S/C12H20N2O2/c1-9(8-13)14-10(15)6-12(7-11(14)16)4-2-3-5-12/h9H,2-8,13H2,1H3. The quantitative estimate of drug-likeness (QED) is 0.713. The minimum atomic E-state index is -0.154. The summed E-state index contributed by atoms with van der Waals surface area (Å²) in [7, 11) is 0. The van der Waals surface area contributed by atoms with E-state index < -0.39 is 0 Å². The van der Waals surface area contributed by atoms with Crippen LogP contribution in [0.4, 0.5) is 0 Å². The van der Waals surface area contributed by atoms with Crippen molar-refractivity contribution >= 4 is 11.8 Å². The zero-order valence-corrected chi connectivity index (χ0v) is 9.87. The highest BCUT2D eigenvalue weighted by atomic mass is 16.2. The van der Waals surface area contributed by atoms with Gasteiger partial charge in [-0.1, -0.05) is 12.8 Å². The van der Waals surface area contributed by atoms with E-state index in [9.17, 15) is 9.59 Å². The lowest BCUT2D eigenvalue weighted by Gasteiger charge is -2.39. The number of hydrogen-bond acceptors (Lipinski definition) is 3. The molecule has 2 aliphatic rings. The molecule has 1 aliphatic carbocycles. The Balaban J connectivity index is 2.13. The van der Waals surface area contributed by atoms with Crippen LogP contribution in [0.5, 0.6) is 0 Å². The van der Waals surface area contributed by atoms with Crippen molar-refractivity contribution in [2.75, 3.05) is 6.54 Å². The van der Waals surface area contributed by atoms with Gasteiger partial charge in [0.15, 0.2) is 0 Å². The summed E-state index contributed by atoms with van der Waals surface area (Å²) in [5.41, 5.74) is 5.53. The molecule has 1 saturated heterocycles. The summed E-state index contributed by atoms with van der Waals surface area (Å²) in [6.45, 7) is 2.19. The fourth-order valence-electron chi connectivity index (χ4n) is 3.09. The van der Waals surface area contributed by atoms with Crippen LogP contribution in [0.25, 0.3) is 0 Å². The van der Waals surface area contributed by atoms with Gasteiger partial charge in [0.05, 0.1) is 0 Å². The second kappa shape index (κ2) is 4.17. The van der Waals surface area contributed by atoms with Gasteiger partial charge < -0.3 is 5.73 Å². The van der Waals surface area contributed by atoms with Crippen LogP contribution in [0.1, 0.15) is 45.4 Å². The number of nitrogens with two attached hydrogens (primary N) is 1. The van der Waals surface area contributed by atoms with Gasteiger partial charge in [0.2, 0.25) is 11.8 Å². The van der Waals surface area contributed by atoms with Crippen LogP contribution in [0, 0.1) is 5.41 Å². The van der Waals surface area contributed by atoms with Crippen LogP contribution in [0.3, 0.4) is 0 Å². The fraction of sp³-hybridized carbons (Fsp3) is 0.833. The van der Waals surface area contributed by atoms with E-state index in [1.165, 1.54) is 4.90 Å². The first-order chi connectivity index (χ1) is 7.58. The molecule has 0 aromatic rings. The Morgan fingerprint density at radius 2 is 1.75 bits per heavy atom.